The fraction of sp³-hybridized carbons (Fsp3) is 0.933. The largest absolute Gasteiger partial charge is 0.338 e. The topological polar surface area (TPSA) is 46.3 Å². The lowest BCUT2D eigenvalue weighted by molar-refractivity contribution is -0.140. The molecule has 2 rings (SSSR count). The van der Waals surface area contributed by atoms with Gasteiger partial charge in [-0.2, -0.15) is 0 Å². The molecule has 1 amide bonds. The summed E-state index contributed by atoms with van der Waals surface area (Å²) in [4.78, 5) is 14.8. The predicted molar refractivity (Wildman–Crippen MR) is 74.2 cm³/mol. The highest BCUT2D eigenvalue weighted by atomic mass is 16.2. The van der Waals surface area contributed by atoms with Crippen LogP contribution in [-0.4, -0.2) is 29.9 Å². The van der Waals surface area contributed by atoms with Gasteiger partial charge in [-0.15, -0.1) is 0 Å². The number of nitrogens with two attached hydrogens (primary N) is 1. The van der Waals surface area contributed by atoms with Crippen molar-refractivity contribution in [3.8, 4) is 0 Å². The Balaban J connectivity index is 1.92. The Labute approximate surface area is 111 Å². The number of hydrogen-bond donors (Lipinski definition) is 1. The second-order valence-corrected chi connectivity index (χ2v) is 5.95. The van der Waals surface area contributed by atoms with Crippen molar-refractivity contribution in [2.24, 2.45) is 11.7 Å². The molecule has 2 saturated carbocycles. The first-order chi connectivity index (χ1) is 8.83. The van der Waals surface area contributed by atoms with Crippen LogP contribution in [0.25, 0.3) is 0 Å². The molecule has 18 heavy (non-hydrogen) atoms. The molecule has 0 spiro atoms. The van der Waals surface area contributed by atoms with Gasteiger partial charge in [-0.05, 0) is 32.1 Å². The third-order valence-electron chi connectivity index (χ3n) is 4.62. The SMILES string of the molecule is NCCN(C(=O)C1CCCCCCC1)C1CCC1. The smallest absolute Gasteiger partial charge is 0.225 e. The molecule has 0 aromatic rings. The van der Waals surface area contributed by atoms with Crippen molar-refractivity contribution < 1.29 is 4.79 Å². The molecular formula is C15H28N2O. The minimum Gasteiger partial charge on any atom is -0.338 e. The highest BCUT2D eigenvalue weighted by molar-refractivity contribution is 5.79. The summed E-state index contributed by atoms with van der Waals surface area (Å²) >= 11 is 0. The molecule has 0 aromatic carbocycles. The van der Waals surface area contributed by atoms with E-state index in [2.05, 4.69) is 4.90 Å². The van der Waals surface area contributed by atoms with Crippen LogP contribution in [0.5, 0.6) is 0 Å². The van der Waals surface area contributed by atoms with Crippen LogP contribution in [0.15, 0.2) is 0 Å². The zero-order chi connectivity index (χ0) is 12.8. The average Bonchev–Trinajstić information content (AvgIpc) is 2.25. The first-order valence-electron chi connectivity index (χ1n) is 7.83. The number of carbonyl (C=O) groups excluding carboxylic acids is 1. The maximum absolute atomic E-state index is 12.7. The quantitative estimate of drug-likeness (QED) is 0.836. The van der Waals surface area contributed by atoms with Crippen LogP contribution in [0.2, 0.25) is 0 Å². The molecule has 2 aliphatic carbocycles. The Kier molecular flexibility index (Phi) is 5.48. The fourth-order valence-electron chi connectivity index (χ4n) is 3.25. The molecule has 0 unspecified atom stereocenters. The molecule has 0 atom stereocenters. The van der Waals surface area contributed by atoms with Crippen LogP contribution >= 0.6 is 0 Å². The van der Waals surface area contributed by atoms with Crippen LogP contribution < -0.4 is 5.73 Å². The second-order valence-electron chi connectivity index (χ2n) is 5.95. The Bertz CT molecular complexity index is 255. The molecule has 0 saturated heterocycles. The lowest BCUT2D eigenvalue weighted by atomic mass is 9.87. The van der Waals surface area contributed by atoms with E-state index in [1.165, 1.54) is 51.4 Å². The van der Waals surface area contributed by atoms with Gasteiger partial charge in [-0.1, -0.05) is 32.1 Å². The highest BCUT2D eigenvalue weighted by Gasteiger charge is 2.32. The number of hydrogen-bond acceptors (Lipinski definition) is 2. The molecule has 2 N–H and O–H groups in total. The van der Waals surface area contributed by atoms with Crippen molar-refractivity contribution in [3.63, 3.8) is 0 Å². The van der Waals surface area contributed by atoms with E-state index < -0.39 is 0 Å². The van der Waals surface area contributed by atoms with Crippen molar-refractivity contribution in [2.75, 3.05) is 13.1 Å². The van der Waals surface area contributed by atoms with Gasteiger partial charge in [0.15, 0.2) is 0 Å². The summed E-state index contributed by atoms with van der Waals surface area (Å²) in [5.41, 5.74) is 5.68. The van der Waals surface area contributed by atoms with Crippen LogP contribution in [-0.2, 0) is 4.79 Å². The minimum atomic E-state index is 0.289. The van der Waals surface area contributed by atoms with E-state index in [9.17, 15) is 4.79 Å². The first-order valence-corrected chi connectivity index (χ1v) is 7.83. The van der Waals surface area contributed by atoms with E-state index in [0.717, 1.165) is 19.4 Å². The maximum Gasteiger partial charge on any atom is 0.225 e. The third-order valence-corrected chi connectivity index (χ3v) is 4.62. The van der Waals surface area contributed by atoms with Gasteiger partial charge in [0.05, 0.1) is 0 Å². The van der Waals surface area contributed by atoms with Gasteiger partial charge in [0.1, 0.15) is 0 Å². The first kappa shape index (κ1) is 13.9. The van der Waals surface area contributed by atoms with E-state index >= 15 is 0 Å². The number of nitrogens with zero attached hydrogens (tertiary/aromatic N) is 1. The average molecular weight is 252 g/mol. The molecule has 104 valence electrons. The standard InChI is InChI=1S/C15H28N2O/c16-11-12-17(14-9-6-10-14)15(18)13-7-4-2-1-3-5-8-13/h13-14H,1-12,16H2. The minimum absolute atomic E-state index is 0.289. The van der Waals surface area contributed by atoms with Crippen molar-refractivity contribution >= 4 is 5.91 Å². The molecule has 0 radical (unpaired) electrons. The maximum atomic E-state index is 12.7. The van der Waals surface area contributed by atoms with E-state index in [-0.39, 0.29) is 5.92 Å². The van der Waals surface area contributed by atoms with Crippen molar-refractivity contribution in [2.45, 2.75) is 70.3 Å². The zero-order valence-electron chi connectivity index (χ0n) is 11.6. The summed E-state index contributed by atoms with van der Waals surface area (Å²) in [7, 11) is 0. The van der Waals surface area contributed by atoms with Crippen LogP contribution in [0.1, 0.15) is 64.2 Å². The predicted octanol–water partition coefficient (Wildman–Crippen LogP) is 2.69. The number of carbonyl (C=O) groups is 1. The molecule has 0 aliphatic heterocycles. The summed E-state index contributed by atoms with van der Waals surface area (Å²) in [5, 5.41) is 0. The van der Waals surface area contributed by atoms with Gasteiger partial charge in [0.25, 0.3) is 0 Å². The summed E-state index contributed by atoms with van der Waals surface area (Å²) < 4.78 is 0. The normalized spacial score (nSPS) is 22.9. The van der Waals surface area contributed by atoms with Gasteiger partial charge in [-0.25, -0.2) is 0 Å². The van der Waals surface area contributed by atoms with E-state index in [1.807, 2.05) is 0 Å². The number of amides is 1. The van der Waals surface area contributed by atoms with Crippen molar-refractivity contribution in [3.05, 3.63) is 0 Å². The summed E-state index contributed by atoms with van der Waals surface area (Å²) in [5.74, 6) is 0.699. The second kappa shape index (κ2) is 7.13. The highest BCUT2D eigenvalue weighted by Crippen LogP contribution is 2.29. The lowest BCUT2D eigenvalue weighted by Gasteiger charge is -2.39. The molecule has 0 heterocycles. The third kappa shape index (κ3) is 3.47. The van der Waals surface area contributed by atoms with E-state index in [1.54, 1.807) is 0 Å². The van der Waals surface area contributed by atoms with Gasteiger partial charge >= 0.3 is 0 Å². The Morgan fingerprint density at radius 2 is 1.56 bits per heavy atom. The van der Waals surface area contributed by atoms with Crippen LogP contribution in [0, 0.1) is 5.92 Å². The zero-order valence-corrected chi connectivity index (χ0v) is 11.6. The van der Waals surface area contributed by atoms with Gasteiger partial charge < -0.3 is 10.6 Å². The lowest BCUT2D eigenvalue weighted by Crippen LogP contribution is -2.49. The van der Waals surface area contributed by atoms with E-state index in [4.69, 9.17) is 5.73 Å². The monoisotopic (exact) mass is 252 g/mol. The molecule has 3 nitrogen and oxygen atoms in total. The molecule has 0 bridgehead atoms. The summed E-state index contributed by atoms with van der Waals surface area (Å²) in [6.07, 6.45) is 12.3. The molecule has 2 fully saturated rings. The van der Waals surface area contributed by atoms with Crippen molar-refractivity contribution in [1.29, 1.82) is 0 Å². The number of rotatable bonds is 4. The molecule has 2 aliphatic rings. The summed E-state index contributed by atoms with van der Waals surface area (Å²) in [6.45, 7) is 1.37. The van der Waals surface area contributed by atoms with Gasteiger partial charge in [-0.3, -0.25) is 4.79 Å². The van der Waals surface area contributed by atoms with Gasteiger partial charge in [0.2, 0.25) is 5.91 Å². The Hall–Kier alpha value is -0.570. The van der Waals surface area contributed by atoms with Crippen LogP contribution in [0.3, 0.4) is 0 Å². The Morgan fingerprint density at radius 3 is 2.06 bits per heavy atom. The Morgan fingerprint density at radius 1 is 0.944 bits per heavy atom. The molecule has 3 heteroatoms. The van der Waals surface area contributed by atoms with Gasteiger partial charge in [0, 0.05) is 25.0 Å². The fourth-order valence-corrected chi connectivity index (χ4v) is 3.25. The summed E-state index contributed by atoms with van der Waals surface area (Å²) in [6, 6.07) is 0.506. The molecular weight excluding hydrogens is 224 g/mol. The molecule has 0 aromatic heterocycles. The van der Waals surface area contributed by atoms with Crippen LogP contribution in [0.4, 0.5) is 0 Å². The van der Waals surface area contributed by atoms with Crippen molar-refractivity contribution in [1.82, 2.24) is 4.90 Å². The van der Waals surface area contributed by atoms with E-state index in [0.29, 0.717) is 18.5 Å².